The maximum absolute atomic E-state index is 14.6. The lowest BCUT2D eigenvalue weighted by molar-refractivity contribution is -0.174. The third kappa shape index (κ3) is 3.35. The number of nitrogens with zero attached hydrogens (tertiary/aromatic N) is 1. The molecule has 1 saturated heterocycles. The van der Waals surface area contributed by atoms with Crippen LogP contribution in [0.15, 0.2) is 72.4 Å². The molecule has 29 heavy (non-hydrogen) atoms. The molecule has 1 aliphatic heterocycles. The van der Waals surface area contributed by atoms with E-state index in [4.69, 9.17) is 0 Å². The van der Waals surface area contributed by atoms with Gasteiger partial charge in [0, 0.05) is 0 Å². The van der Waals surface area contributed by atoms with E-state index in [2.05, 4.69) is 9.47 Å². The summed E-state index contributed by atoms with van der Waals surface area (Å²) in [7, 11) is 2.10. The highest BCUT2D eigenvalue weighted by Crippen LogP contribution is 2.69. The summed E-state index contributed by atoms with van der Waals surface area (Å²) in [6, 6.07) is 14.0. The summed E-state index contributed by atoms with van der Waals surface area (Å²) in [4.78, 5) is 25.0. The van der Waals surface area contributed by atoms with Gasteiger partial charge in [-0.15, -0.1) is 0 Å². The highest BCUT2D eigenvalue weighted by atomic mass is 19.4. The molecule has 1 heterocycles. The lowest BCUT2D eigenvalue weighted by atomic mass is 9.91. The van der Waals surface area contributed by atoms with Crippen LogP contribution in [0.5, 0.6) is 0 Å². The highest BCUT2D eigenvalue weighted by Gasteiger charge is 2.79. The Balaban J connectivity index is 2.27. The molecule has 8 heteroatoms. The molecule has 0 saturated carbocycles. The molecule has 2 aromatic rings. The predicted octanol–water partition coefficient (Wildman–Crippen LogP) is 3.73. The lowest BCUT2D eigenvalue weighted by Gasteiger charge is -2.22. The van der Waals surface area contributed by atoms with Gasteiger partial charge in [0.05, 0.1) is 26.3 Å². The number of hydrogen-bond donors (Lipinski definition) is 0. The van der Waals surface area contributed by atoms with Crippen LogP contribution in [-0.2, 0) is 24.6 Å². The first kappa shape index (κ1) is 20.4. The van der Waals surface area contributed by atoms with E-state index < -0.39 is 35.4 Å². The lowest BCUT2D eigenvalue weighted by Crippen LogP contribution is -2.36. The minimum Gasteiger partial charge on any atom is -0.466 e. The number of rotatable bonds is 5. The van der Waals surface area contributed by atoms with Crippen LogP contribution in [0.1, 0.15) is 17.2 Å². The number of methoxy groups -OCH3 is 2. The molecule has 1 aliphatic rings. The van der Waals surface area contributed by atoms with E-state index in [1.165, 1.54) is 24.3 Å². The van der Waals surface area contributed by atoms with Gasteiger partial charge in [-0.05, 0) is 11.1 Å². The second-order valence-electron chi connectivity index (χ2n) is 6.36. The molecule has 2 aromatic carbocycles. The van der Waals surface area contributed by atoms with Crippen LogP contribution in [0.3, 0.4) is 0 Å². The summed E-state index contributed by atoms with van der Waals surface area (Å²) >= 11 is 0. The number of benzene rings is 2. The van der Waals surface area contributed by atoms with Crippen molar-refractivity contribution in [3.8, 4) is 0 Å². The summed E-state index contributed by atoms with van der Waals surface area (Å²) in [5.41, 5.74) is -2.78. The Labute approximate surface area is 165 Å². The number of ether oxygens (including phenoxy) is 2. The molecule has 152 valence electrons. The molecular weight excluding hydrogens is 387 g/mol. The minimum atomic E-state index is -4.77. The molecule has 5 nitrogen and oxygen atoms in total. The summed E-state index contributed by atoms with van der Waals surface area (Å²) in [6.07, 6.45) is -4.05. The Morgan fingerprint density at radius 1 is 0.966 bits per heavy atom. The van der Waals surface area contributed by atoms with Gasteiger partial charge in [0.2, 0.25) is 0 Å². The Morgan fingerprint density at radius 2 is 1.52 bits per heavy atom. The zero-order chi connectivity index (χ0) is 21.2. The van der Waals surface area contributed by atoms with Crippen molar-refractivity contribution in [2.24, 2.45) is 0 Å². The largest absolute Gasteiger partial charge is 0.466 e. The van der Waals surface area contributed by atoms with Gasteiger partial charge in [0.25, 0.3) is 0 Å². The average molecular weight is 405 g/mol. The van der Waals surface area contributed by atoms with Crippen molar-refractivity contribution in [2.45, 2.75) is 17.8 Å². The third-order valence-corrected chi connectivity index (χ3v) is 4.84. The monoisotopic (exact) mass is 405 g/mol. The standard InChI is InChI=1S/C21H18F3NO4/c1-28-17(26)13-16(19(27)29-2)25-18(14-9-5-3-6-10-14)20(25,21(22,23)24)15-11-7-4-8-12-15/h3-13,18H,1-2H3/b16-13-/t18-,20+,25?/m0/s1. The van der Waals surface area contributed by atoms with Crippen molar-refractivity contribution in [3.63, 3.8) is 0 Å². The molecule has 0 bridgehead atoms. The number of hydrogen-bond acceptors (Lipinski definition) is 5. The number of carbonyl (C=O) groups excluding carboxylic acids is 2. The van der Waals surface area contributed by atoms with Gasteiger partial charge in [-0.3, -0.25) is 0 Å². The molecular formula is C21H18F3NO4. The fourth-order valence-electron chi connectivity index (χ4n) is 3.59. The van der Waals surface area contributed by atoms with Crippen LogP contribution in [0.25, 0.3) is 0 Å². The summed E-state index contributed by atoms with van der Waals surface area (Å²) in [5.74, 6) is -2.04. The zero-order valence-corrected chi connectivity index (χ0v) is 15.6. The Morgan fingerprint density at radius 3 is 2.00 bits per heavy atom. The molecule has 1 fully saturated rings. The van der Waals surface area contributed by atoms with E-state index in [9.17, 15) is 22.8 Å². The number of halogens is 3. The maximum atomic E-state index is 14.6. The van der Waals surface area contributed by atoms with Crippen molar-refractivity contribution in [1.29, 1.82) is 0 Å². The van der Waals surface area contributed by atoms with Gasteiger partial charge < -0.3 is 14.4 Å². The molecule has 2 atom stereocenters. The number of alkyl halides is 3. The molecule has 0 radical (unpaired) electrons. The Hall–Kier alpha value is -3.29. The first-order chi connectivity index (χ1) is 13.8. The maximum Gasteiger partial charge on any atom is 0.418 e. The van der Waals surface area contributed by atoms with Crippen LogP contribution < -0.4 is 0 Å². The van der Waals surface area contributed by atoms with E-state index in [0.29, 0.717) is 5.56 Å². The summed E-state index contributed by atoms with van der Waals surface area (Å²) in [6.45, 7) is 0. The molecule has 0 unspecified atom stereocenters. The quantitative estimate of drug-likeness (QED) is 0.431. The van der Waals surface area contributed by atoms with Crippen molar-refractivity contribution < 1.29 is 32.2 Å². The highest BCUT2D eigenvalue weighted by molar-refractivity contribution is 5.96. The first-order valence-corrected chi connectivity index (χ1v) is 8.63. The van der Waals surface area contributed by atoms with Crippen molar-refractivity contribution in [2.75, 3.05) is 14.2 Å². The van der Waals surface area contributed by atoms with Crippen molar-refractivity contribution in [3.05, 3.63) is 83.6 Å². The van der Waals surface area contributed by atoms with Crippen LogP contribution in [0.4, 0.5) is 13.2 Å². The first-order valence-electron chi connectivity index (χ1n) is 8.63. The fraction of sp³-hybridized carbons (Fsp3) is 0.238. The van der Waals surface area contributed by atoms with E-state index in [1.54, 1.807) is 36.4 Å². The third-order valence-electron chi connectivity index (χ3n) is 4.84. The SMILES string of the molecule is COC(=O)/C=C(/C(=O)OC)N1[C@@H](c2ccccc2)[C@]1(c1ccccc1)C(F)(F)F. The molecule has 0 N–H and O–H groups in total. The minimum absolute atomic E-state index is 0.0546. The van der Waals surface area contributed by atoms with E-state index in [1.807, 2.05) is 0 Å². The molecule has 3 rings (SSSR count). The Bertz CT molecular complexity index is 928. The van der Waals surface area contributed by atoms with E-state index in [0.717, 1.165) is 25.2 Å². The van der Waals surface area contributed by atoms with Crippen molar-refractivity contribution in [1.82, 2.24) is 4.90 Å². The fourth-order valence-corrected chi connectivity index (χ4v) is 3.59. The normalized spacial score (nSPS) is 21.5. The predicted molar refractivity (Wildman–Crippen MR) is 97.3 cm³/mol. The van der Waals surface area contributed by atoms with E-state index >= 15 is 0 Å². The van der Waals surface area contributed by atoms with Gasteiger partial charge in [-0.25, -0.2) is 9.59 Å². The van der Waals surface area contributed by atoms with Gasteiger partial charge in [0.15, 0.2) is 5.54 Å². The molecule has 0 spiro atoms. The second-order valence-corrected chi connectivity index (χ2v) is 6.36. The molecule has 0 aromatic heterocycles. The average Bonchev–Trinajstić information content (AvgIpc) is 3.43. The summed E-state index contributed by atoms with van der Waals surface area (Å²) in [5, 5.41) is 0. The zero-order valence-electron chi connectivity index (χ0n) is 15.6. The van der Waals surface area contributed by atoms with E-state index in [-0.39, 0.29) is 5.56 Å². The van der Waals surface area contributed by atoms with Crippen LogP contribution in [0.2, 0.25) is 0 Å². The van der Waals surface area contributed by atoms with Crippen LogP contribution >= 0.6 is 0 Å². The van der Waals surface area contributed by atoms with Gasteiger partial charge in [-0.2, -0.15) is 13.2 Å². The molecule has 0 aliphatic carbocycles. The Kier molecular flexibility index (Phi) is 5.37. The van der Waals surface area contributed by atoms with Crippen molar-refractivity contribution >= 4 is 11.9 Å². The van der Waals surface area contributed by atoms with Gasteiger partial charge >= 0.3 is 18.1 Å². The van der Waals surface area contributed by atoms with Gasteiger partial charge in [0.1, 0.15) is 5.70 Å². The van der Waals surface area contributed by atoms with Crippen LogP contribution in [-0.4, -0.2) is 37.2 Å². The number of esters is 2. The van der Waals surface area contributed by atoms with Gasteiger partial charge in [-0.1, -0.05) is 60.7 Å². The number of carbonyl (C=O) groups is 2. The smallest absolute Gasteiger partial charge is 0.418 e. The molecule has 0 amide bonds. The second kappa shape index (κ2) is 7.62. The summed E-state index contributed by atoms with van der Waals surface area (Å²) < 4.78 is 52.9. The van der Waals surface area contributed by atoms with Crippen LogP contribution in [0, 0.1) is 0 Å². The topological polar surface area (TPSA) is 55.6 Å².